The van der Waals surface area contributed by atoms with Crippen LogP contribution in [0.1, 0.15) is 28.0 Å². The number of H-pyrrole nitrogens is 1. The van der Waals surface area contributed by atoms with Crippen molar-refractivity contribution in [3.63, 3.8) is 0 Å². The average Bonchev–Trinajstić information content (AvgIpc) is 3.29. The zero-order valence-corrected chi connectivity index (χ0v) is 18.6. The molecule has 1 aliphatic rings. The molecule has 4 N–H and O–H groups in total. The third-order valence-corrected chi connectivity index (χ3v) is 5.57. The summed E-state index contributed by atoms with van der Waals surface area (Å²) in [7, 11) is 0. The first-order valence-electron chi connectivity index (χ1n) is 11.1. The lowest BCUT2D eigenvalue weighted by atomic mass is 10.1. The highest BCUT2D eigenvalue weighted by molar-refractivity contribution is 6.08. The predicted molar refractivity (Wildman–Crippen MR) is 129 cm³/mol. The molecule has 0 saturated heterocycles. The van der Waals surface area contributed by atoms with Gasteiger partial charge >= 0.3 is 0 Å². The van der Waals surface area contributed by atoms with Gasteiger partial charge in [0.25, 0.3) is 11.8 Å². The SMILES string of the molecule is O=C1COc2ccc(CNC(=O)c3ncnc4c(NC(=O)CCc5ccccc5)c[nH]c34)cc2N1. The van der Waals surface area contributed by atoms with Crippen LogP contribution in [0.4, 0.5) is 11.4 Å². The molecular weight excluding hydrogens is 448 g/mol. The van der Waals surface area contributed by atoms with E-state index in [9.17, 15) is 14.4 Å². The van der Waals surface area contributed by atoms with Crippen molar-refractivity contribution in [2.24, 2.45) is 0 Å². The summed E-state index contributed by atoms with van der Waals surface area (Å²) in [6.07, 6.45) is 3.83. The van der Waals surface area contributed by atoms with Crippen molar-refractivity contribution in [1.29, 1.82) is 0 Å². The molecule has 3 heterocycles. The van der Waals surface area contributed by atoms with Crippen LogP contribution in [0, 0.1) is 0 Å². The highest BCUT2D eigenvalue weighted by atomic mass is 16.5. The fraction of sp³-hybridized carbons (Fsp3) is 0.160. The number of benzene rings is 2. The normalized spacial score (nSPS) is 12.4. The fourth-order valence-electron chi connectivity index (χ4n) is 3.83. The van der Waals surface area contributed by atoms with E-state index in [0.717, 1.165) is 11.1 Å². The van der Waals surface area contributed by atoms with Gasteiger partial charge in [0, 0.05) is 19.2 Å². The number of nitrogens with zero attached hydrogens (tertiary/aromatic N) is 2. The Hall–Kier alpha value is -4.73. The molecule has 0 fully saturated rings. The number of carbonyl (C=O) groups is 3. The maximum Gasteiger partial charge on any atom is 0.272 e. The molecule has 35 heavy (non-hydrogen) atoms. The lowest BCUT2D eigenvalue weighted by molar-refractivity contribution is -0.118. The van der Waals surface area contributed by atoms with E-state index >= 15 is 0 Å². The highest BCUT2D eigenvalue weighted by Crippen LogP contribution is 2.28. The van der Waals surface area contributed by atoms with Crippen molar-refractivity contribution in [2.75, 3.05) is 17.2 Å². The van der Waals surface area contributed by atoms with Crippen molar-refractivity contribution in [1.82, 2.24) is 20.3 Å². The first-order chi connectivity index (χ1) is 17.1. The molecule has 3 amide bonds. The topological polar surface area (TPSA) is 138 Å². The van der Waals surface area contributed by atoms with Gasteiger partial charge in [-0.25, -0.2) is 9.97 Å². The number of fused-ring (bicyclic) bond motifs is 2. The minimum atomic E-state index is -0.404. The van der Waals surface area contributed by atoms with Crippen LogP contribution in [0.3, 0.4) is 0 Å². The second-order valence-corrected chi connectivity index (χ2v) is 8.03. The lowest BCUT2D eigenvalue weighted by Crippen LogP contribution is -2.26. The minimum absolute atomic E-state index is 0.0155. The third-order valence-electron chi connectivity index (χ3n) is 5.57. The third kappa shape index (κ3) is 4.96. The van der Waals surface area contributed by atoms with Crippen LogP contribution in [-0.2, 0) is 22.6 Å². The molecule has 10 nitrogen and oxygen atoms in total. The fourth-order valence-corrected chi connectivity index (χ4v) is 3.83. The first-order valence-corrected chi connectivity index (χ1v) is 11.1. The number of carbonyl (C=O) groups excluding carboxylic acids is 3. The summed E-state index contributed by atoms with van der Waals surface area (Å²) < 4.78 is 5.35. The summed E-state index contributed by atoms with van der Waals surface area (Å²) in [5.74, 6) is -0.194. The largest absolute Gasteiger partial charge is 0.482 e. The number of aromatic nitrogens is 3. The van der Waals surface area contributed by atoms with Crippen molar-refractivity contribution in [3.8, 4) is 5.75 Å². The highest BCUT2D eigenvalue weighted by Gasteiger charge is 2.19. The average molecular weight is 470 g/mol. The van der Waals surface area contributed by atoms with Gasteiger partial charge in [-0.3, -0.25) is 14.4 Å². The van der Waals surface area contributed by atoms with Crippen LogP contribution in [0.2, 0.25) is 0 Å². The Balaban J connectivity index is 1.24. The molecule has 0 bridgehead atoms. The summed E-state index contributed by atoms with van der Waals surface area (Å²) in [6, 6.07) is 15.1. The van der Waals surface area contributed by atoms with Crippen molar-refractivity contribution >= 4 is 40.1 Å². The minimum Gasteiger partial charge on any atom is -0.482 e. The van der Waals surface area contributed by atoms with Crippen molar-refractivity contribution in [2.45, 2.75) is 19.4 Å². The van der Waals surface area contributed by atoms with E-state index in [2.05, 4.69) is 30.9 Å². The number of aromatic amines is 1. The van der Waals surface area contributed by atoms with Crippen LogP contribution in [0.15, 0.2) is 61.1 Å². The second kappa shape index (κ2) is 9.64. The Morgan fingerprint density at radius 1 is 1.06 bits per heavy atom. The first kappa shape index (κ1) is 22.1. The van der Waals surface area contributed by atoms with E-state index in [0.29, 0.717) is 41.0 Å². The number of hydrogen-bond acceptors (Lipinski definition) is 6. The Bertz CT molecular complexity index is 1420. The summed E-state index contributed by atoms with van der Waals surface area (Å²) in [5, 5.41) is 8.42. The zero-order valence-electron chi connectivity index (χ0n) is 18.6. The van der Waals surface area contributed by atoms with Crippen LogP contribution in [-0.4, -0.2) is 39.3 Å². The summed E-state index contributed by atoms with van der Waals surface area (Å²) in [4.78, 5) is 48.2. The molecule has 176 valence electrons. The number of hydrogen-bond donors (Lipinski definition) is 4. The smallest absolute Gasteiger partial charge is 0.272 e. The van der Waals surface area contributed by atoms with Gasteiger partial charge in [0.2, 0.25) is 5.91 Å². The van der Waals surface area contributed by atoms with Gasteiger partial charge < -0.3 is 25.7 Å². The molecule has 0 atom stereocenters. The second-order valence-electron chi connectivity index (χ2n) is 8.03. The Kier molecular flexibility index (Phi) is 6.08. The number of ether oxygens (including phenoxy) is 1. The predicted octanol–water partition coefficient (Wildman–Crippen LogP) is 2.79. The molecule has 5 rings (SSSR count). The Morgan fingerprint density at radius 2 is 1.91 bits per heavy atom. The summed E-state index contributed by atoms with van der Waals surface area (Å²) >= 11 is 0. The van der Waals surface area contributed by atoms with E-state index in [1.165, 1.54) is 6.33 Å². The number of rotatable bonds is 7. The Morgan fingerprint density at radius 3 is 2.77 bits per heavy atom. The number of nitrogens with one attached hydrogen (secondary N) is 4. The van der Waals surface area contributed by atoms with Crippen molar-refractivity contribution < 1.29 is 19.1 Å². The van der Waals surface area contributed by atoms with E-state index < -0.39 is 5.91 Å². The molecule has 0 radical (unpaired) electrons. The van der Waals surface area contributed by atoms with Gasteiger partial charge in [-0.1, -0.05) is 36.4 Å². The van der Waals surface area contributed by atoms with E-state index in [4.69, 9.17) is 4.74 Å². The summed E-state index contributed by atoms with van der Waals surface area (Å²) in [6.45, 7) is 0.204. The van der Waals surface area contributed by atoms with Gasteiger partial charge in [-0.15, -0.1) is 0 Å². The van der Waals surface area contributed by atoms with Gasteiger partial charge in [-0.2, -0.15) is 0 Å². The molecule has 4 aromatic rings. The molecule has 2 aromatic heterocycles. The van der Waals surface area contributed by atoms with Gasteiger partial charge in [0.15, 0.2) is 12.3 Å². The molecule has 1 aliphatic heterocycles. The number of amides is 3. The van der Waals surface area contributed by atoms with Gasteiger partial charge in [0.05, 0.1) is 16.9 Å². The lowest BCUT2D eigenvalue weighted by Gasteiger charge is -2.18. The molecular formula is C25H22N6O4. The number of anilines is 2. The van der Waals surface area contributed by atoms with Gasteiger partial charge in [-0.05, 0) is 29.7 Å². The van der Waals surface area contributed by atoms with Crippen LogP contribution >= 0.6 is 0 Å². The maximum atomic E-state index is 12.9. The molecule has 0 saturated carbocycles. The zero-order chi connectivity index (χ0) is 24.2. The maximum absolute atomic E-state index is 12.9. The van der Waals surface area contributed by atoms with E-state index in [1.807, 2.05) is 36.4 Å². The molecule has 10 heteroatoms. The molecule has 0 unspecified atom stereocenters. The monoisotopic (exact) mass is 470 g/mol. The molecule has 2 aromatic carbocycles. The van der Waals surface area contributed by atoms with Crippen LogP contribution in [0.25, 0.3) is 11.0 Å². The van der Waals surface area contributed by atoms with Crippen LogP contribution in [0.5, 0.6) is 5.75 Å². The molecule has 0 aliphatic carbocycles. The van der Waals surface area contributed by atoms with Crippen LogP contribution < -0.4 is 20.7 Å². The van der Waals surface area contributed by atoms with Gasteiger partial charge in [0.1, 0.15) is 17.6 Å². The summed E-state index contributed by atoms with van der Waals surface area (Å²) in [5.41, 5.74) is 3.95. The quantitative estimate of drug-likeness (QED) is 0.328. The standard InChI is InChI=1S/C25H22N6O4/c32-20(9-7-15-4-2-1-3-5-15)31-18-12-26-23-22(18)28-14-29-24(23)25(34)27-11-16-6-8-19-17(10-16)30-21(33)13-35-19/h1-6,8,10,12,14,26H,7,9,11,13H2,(H,27,34)(H,30,33)(H,31,32). The molecule has 0 spiro atoms. The Labute approximate surface area is 200 Å². The number of aryl methyl sites for hydroxylation is 1. The van der Waals surface area contributed by atoms with Crippen molar-refractivity contribution in [3.05, 3.63) is 77.9 Å². The van der Waals surface area contributed by atoms with E-state index in [1.54, 1.807) is 18.3 Å². The van der Waals surface area contributed by atoms with E-state index in [-0.39, 0.29) is 30.7 Å².